The molecule has 0 bridgehead atoms. The third kappa shape index (κ3) is 3.81. The molecule has 1 aliphatic heterocycles. The van der Waals surface area contributed by atoms with Crippen LogP contribution in [0.1, 0.15) is 5.56 Å². The molecule has 0 aliphatic carbocycles. The predicted octanol–water partition coefficient (Wildman–Crippen LogP) is 5.74. The third-order valence-corrected chi connectivity index (χ3v) is 6.22. The summed E-state index contributed by atoms with van der Waals surface area (Å²) in [6, 6.07) is 20.1. The zero-order valence-corrected chi connectivity index (χ0v) is 16.8. The normalized spacial score (nSPS) is 17.9. The summed E-state index contributed by atoms with van der Waals surface area (Å²) in [7, 11) is 0. The smallest absolute Gasteiger partial charge is 0.177 e. The summed E-state index contributed by atoms with van der Waals surface area (Å²) >= 11 is 1.73. The molecule has 0 spiro atoms. The lowest BCUT2D eigenvalue weighted by atomic mass is 10.0. The number of ether oxygens (including phenoxy) is 2. The summed E-state index contributed by atoms with van der Waals surface area (Å²) in [6.07, 6.45) is 0. The molecule has 0 radical (unpaired) electrons. The lowest BCUT2D eigenvalue weighted by molar-refractivity contribution is 0.157. The molecule has 2 heterocycles. The van der Waals surface area contributed by atoms with Gasteiger partial charge < -0.3 is 9.47 Å². The molecule has 1 aromatic heterocycles. The number of hydrogen-bond donors (Lipinski definition) is 1. The molecule has 1 atom stereocenters. The number of hydrogen-bond acceptors (Lipinski definition) is 4. The van der Waals surface area contributed by atoms with Gasteiger partial charge in [-0.1, -0.05) is 36.4 Å². The fourth-order valence-electron chi connectivity index (χ4n) is 3.41. The van der Waals surface area contributed by atoms with E-state index < -0.39 is 17.4 Å². The Hall–Kier alpha value is -2.80. The van der Waals surface area contributed by atoms with E-state index in [0.29, 0.717) is 12.4 Å². The van der Waals surface area contributed by atoms with Gasteiger partial charge >= 0.3 is 0 Å². The Morgan fingerprint density at radius 3 is 2.43 bits per heavy atom. The second-order valence-corrected chi connectivity index (χ2v) is 8.21. The van der Waals surface area contributed by atoms with E-state index in [0.717, 1.165) is 5.56 Å². The first-order valence-electron chi connectivity index (χ1n) is 9.65. The SMILES string of the molecule is Fc1cccc(F)c1CNC1(COc2ccc(-c3csc4ccccc34)cc2)CO1. The molecule has 5 rings (SSSR count). The number of halogens is 2. The van der Waals surface area contributed by atoms with Crippen LogP contribution >= 0.6 is 11.3 Å². The third-order valence-electron chi connectivity index (χ3n) is 5.26. The van der Waals surface area contributed by atoms with E-state index in [4.69, 9.17) is 9.47 Å². The molecule has 1 unspecified atom stereocenters. The minimum absolute atomic E-state index is 0.000262. The van der Waals surface area contributed by atoms with E-state index in [1.165, 1.54) is 33.8 Å². The Morgan fingerprint density at radius 1 is 0.967 bits per heavy atom. The summed E-state index contributed by atoms with van der Waals surface area (Å²) in [5.41, 5.74) is 1.62. The van der Waals surface area contributed by atoms with Gasteiger partial charge in [0.1, 0.15) is 24.0 Å². The van der Waals surface area contributed by atoms with Crippen LogP contribution < -0.4 is 10.1 Å². The second-order valence-electron chi connectivity index (χ2n) is 7.30. The van der Waals surface area contributed by atoms with Crippen molar-refractivity contribution in [2.75, 3.05) is 13.2 Å². The van der Waals surface area contributed by atoms with Gasteiger partial charge in [-0.25, -0.2) is 8.78 Å². The first-order valence-corrected chi connectivity index (χ1v) is 10.5. The first kappa shape index (κ1) is 19.2. The highest BCUT2D eigenvalue weighted by Gasteiger charge is 2.45. The van der Waals surface area contributed by atoms with Crippen molar-refractivity contribution in [3.63, 3.8) is 0 Å². The average Bonchev–Trinajstić information content (AvgIpc) is 3.41. The summed E-state index contributed by atoms with van der Waals surface area (Å²) in [5, 5.41) is 6.47. The van der Waals surface area contributed by atoms with Crippen molar-refractivity contribution < 1.29 is 18.3 Å². The highest BCUT2D eigenvalue weighted by molar-refractivity contribution is 7.17. The predicted molar refractivity (Wildman–Crippen MR) is 115 cm³/mol. The van der Waals surface area contributed by atoms with Gasteiger partial charge in [0.15, 0.2) is 5.72 Å². The van der Waals surface area contributed by atoms with Gasteiger partial charge in [0.2, 0.25) is 0 Å². The summed E-state index contributed by atoms with van der Waals surface area (Å²) in [6.45, 7) is 0.720. The molecule has 0 saturated carbocycles. The van der Waals surface area contributed by atoms with Crippen LogP contribution in [0.25, 0.3) is 21.2 Å². The molecule has 3 nitrogen and oxygen atoms in total. The molecule has 1 fully saturated rings. The zero-order chi connectivity index (χ0) is 20.6. The Balaban J connectivity index is 1.22. The fraction of sp³-hybridized carbons (Fsp3) is 0.167. The van der Waals surface area contributed by atoms with E-state index in [1.807, 2.05) is 36.4 Å². The maximum absolute atomic E-state index is 13.8. The van der Waals surface area contributed by atoms with Gasteiger partial charge in [-0.15, -0.1) is 11.3 Å². The average molecular weight is 423 g/mol. The topological polar surface area (TPSA) is 33.8 Å². The number of fused-ring (bicyclic) bond motifs is 1. The van der Waals surface area contributed by atoms with E-state index in [9.17, 15) is 8.78 Å². The molecular formula is C24H19F2NO2S. The van der Waals surface area contributed by atoms with Crippen LogP contribution in [-0.2, 0) is 11.3 Å². The summed E-state index contributed by atoms with van der Waals surface area (Å²) < 4.78 is 40.2. The van der Waals surface area contributed by atoms with Crippen molar-refractivity contribution in [1.82, 2.24) is 5.32 Å². The fourth-order valence-corrected chi connectivity index (χ4v) is 4.38. The van der Waals surface area contributed by atoms with Gasteiger partial charge in [-0.05, 0) is 41.3 Å². The minimum atomic E-state index is -0.711. The quantitative estimate of drug-likeness (QED) is 0.385. The van der Waals surface area contributed by atoms with Gasteiger partial charge in [0.05, 0.1) is 6.61 Å². The molecule has 6 heteroatoms. The lowest BCUT2D eigenvalue weighted by Gasteiger charge is -2.16. The lowest BCUT2D eigenvalue weighted by Crippen LogP contribution is -2.38. The van der Waals surface area contributed by atoms with Gasteiger partial charge in [0, 0.05) is 27.8 Å². The molecule has 4 aromatic rings. The second kappa shape index (κ2) is 7.80. The number of rotatable bonds is 7. The number of nitrogens with one attached hydrogen (secondary N) is 1. The van der Waals surface area contributed by atoms with Crippen LogP contribution in [0.3, 0.4) is 0 Å². The van der Waals surface area contributed by atoms with Gasteiger partial charge in [0.25, 0.3) is 0 Å². The highest BCUT2D eigenvalue weighted by Crippen LogP contribution is 2.34. The highest BCUT2D eigenvalue weighted by atomic mass is 32.1. The number of thiophene rings is 1. The van der Waals surface area contributed by atoms with Crippen molar-refractivity contribution >= 4 is 21.4 Å². The van der Waals surface area contributed by atoms with E-state index in [-0.39, 0.29) is 18.7 Å². The van der Waals surface area contributed by atoms with Crippen molar-refractivity contribution in [2.45, 2.75) is 12.3 Å². The molecule has 30 heavy (non-hydrogen) atoms. The van der Waals surface area contributed by atoms with Gasteiger partial charge in [-0.3, -0.25) is 5.32 Å². The van der Waals surface area contributed by atoms with Crippen LogP contribution in [0, 0.1) is 11.6 Å². The maximum atomic E-state index is 13.8. The Labute approximate surface area is 176 Å². The Kier molecular flexibility index (Phi) is 4.98. The molecule has 1 aliphatic rings. The van der Waals surface area contributed by atoms with Crippen LogP contribution in [0.2, 0.25) is 0 Å². The summed E-state index contributed by atoms with van der Waals surface area (Å²) in [5.74, 6) is -0.432. The molecule has 152 valence electrons. The standard InChI is InChI=1S/C24H19F2NO2S/c25-21-5-3-6-22(26)19(21)12-27-24(15-29-24)14-28-17-10-8-16(9-11-17)20-13-30-23-7-2-1-4-18(20)23/h1-11,13,27H,12,14-15H2. The van der Waals surface area contributed by atoms with Gasteiger partial charge in [-0.2, -0.15) is 0 Å². The molecular weight excluding hydrogens is 404 g/mol. The minimum Gasteiger partial charge on any atom is -0.489 e. The molecule has 0 amide bonds. The van der Waals surface area contributed by atoms with Crippen molar-refractivity contribution in [2.24, 2.45) is 0 Å². The monoisotopic (exact) mass is 423 g/mol. The summed E-state index contributed by atoms with van der Waals surface area (Å²) in [4.78, 5) is 0. The van der Waals surface area contributed by atoms with Crippen LogP contribution in [0.4, 0.5) is 8.78 Å². The Morgan fingerprint density at radius 2 is 1.70 bits per heavy atom. The van der Waals surface area contributed by atoms with Crippen molar-refractivity contribution in [3.05, 3.63) is 89.3 Å². The van der Waals surface area contributed by atoms with E-state index in [1.54, 1.807) is 11.3 Å². The molecule has 1 saturated heterocycles. The Bertz CT molecular complexity index is 1170. The largest absolute Gasteiger partial charge is 0.489 e. The van der Waals surface area contributed by atoms with Crippen LogP contribution in [-0.4, -0.2) is 18.9 Å². The number of epoxide rings is 1. The van der Waals surface area contributed by atoms with Crippen molar-refractivity contribution in [3.8, 4) is 16.9 Å². The maximum Gasteiger partial charge on any atom is 0.177 e. The number of benzene rings is 3. The molecule has 1 N–H and O–H groups in total. The van der Waals surface area contributed by atoms with Crippen LogP contribution in [0.15, 0.2) is 72.1 Å². The zero-order valence-electron chi connectivity index (χ0n) is 16.0. The molecule has 3 aromatic carbocycles. The van der Waals surface area contributed by atoms with E-state index >= 15 is 0 Å². The first-order chi connectivity index (χ1) is 14.6. The van der Waals surface area contributed by atoms with E-state index in [2.05, 4.69) is 22.8 Å². The van der Waals surface area contributed by atoms with Crippen molar-refractivity contribution in [1.29, 1.82) is 0 Å². The van der Waals surface area contributed by atoms with Crippen LogP contribution in [0.5, 0.6) is 5.75 Å².